The molecule has 0 radical (unpaired) electrons. The van der Waals surface area contributed by atoms with Gasteiger partial charge in [-0.1, -0.05) is 252 Å². The van der Waals surface area contributed by atoms with E-state index >= 15 is 0 Å². The third-order valence-electron chi connectivity index (χ3n) is 15.6. The predicted octanol–water partition coefficient (Wildman–Crippen LogP) is 12.2. The van der Waals surface area contributed by atoms with Crippen LogP contribution in [0.5, 0.6) is 0 Å². The summed E-state index contributed by atoms with van der Waals surface area (Å²) < 4.78 is 0. The van der Waals surface area contributed by atoms with E-state index in [2.05, 4.69) is 46.9 Å². The second kappa shape index (κ2) is 69.6. The first-order valence-electron chi connectivity index (χ1n) is 34.4. The van der Waals surface area contributed by atoms with Crippen LogP contribution in [0, 0.1) is 0 Å². The van der Waals surface area contributed by atoms with Crippen LogP contribution in [0.1, 0.15) is 290 Å². The lowest BCUT2D eigenvalue weighted by molar-refractivity contribution is -0.122. The van der Waals surface area contributed by atoms with Crippen molar-refractivity contribution in [2.45, 2.75) is 290 Å². The van der Waals surface area contributed by atoms with Crippen molar-refractivity contribution in [3.8, 4) is 0 Å². The van der Waals surface area contributed by atoms with Gasteiger partial charge < -0.3 is 46.6 Å². The van der Waals surface area contributed by atoms with Gasteiger partial charge in [0.25, 0.3) is 0 Å². The fourth-order valence-corrected chi connectivity index (χ4v) is 10.3. The van der Waals surface area contributed by atoms with Crippen LogP contribution in [0.4, 0.5) is 0 Å². The zero-order valence-corrected chi connectivity index (χ0v) is 53.3. The molecule has 0 unspecified atom stereocenters. The van der Waals surface area contributed by atoms with Gasteiger partial charge in [-0.2, -0.15) is 0 Å². The van der Waals surface area contributed by atoms with Crippen LogP contribution in [-0.4, -0.2) is 171 Å². The molecule has 0 atom stereocenters. The second-order valence-electron chi connectivity index (χ2n) is 23.2. The lowest BCUT2D eigenvalue weighted by Gasteiger charge is -2.26. The van der Waals surface area contributed by atoms with Crippen LogP contribution in [-0.2, 0) is 14.4 Å². The summed E-state index contributed by atoms with van der Waals surface area (Å²) in [4.78, 5) is 43.3. The average Bonchev–Trinajstić information content (AvgIpc) is 3.45. The topological polar surface area (TPSA) is 190 Å². The first-order chi connectivity index (χ1) is 39.3. The number of nitrogens with zero attached hydrogens (tertiary/aromatic N) is 3. The Kier molecular flexibility index (Phi) is 69.7. The highest BCUT2D eigenvalue weighted by Crippen LogP contribution is 2.15. The van der Waals surface area contributed by atoms with E-state index in [1.54, 1.807) is 0 Å². The van der Waals surface area contributed by atoms with E-state index in [4.69, 9.17) is 10.2 Å². The minimum Gasteiger partial charge on any atom is -0.395 e. The van der Waals surface area contributed by atoms with Crippen molar-refractivity contribution in [2.24, 2.45) is 0 Å². The van der Waals surface area contributed by atoms with E-state index in [9.17, 15) is 24.6 Å². The summed E-state index contributed by atoms with van der Waals surface area (Å²) in [6.07, 6.45) is 53.0. The molecule has 0 aromatic heterocycles. The Balaban J connectivity index is 0. The Hall–Kier alpha value is -1.91. The van der Waals surface area contributed by atoms with Crippen LogP contribution in [0.2, 0.25) is 0 Å². The van der Waals surface area contributed by atoms with Crippen molar-refractivity contribution in [1.82, 2.24) is 36.0 Å². The van der Waals surface area contributed by atoms with Crippen molar-refractivity contribution in [1.29, 1.82) is 0 Å². The van der Waals surface area contributed by atoms with Gasteiger partial charge in [-0.3, -0.25) is 24.2 Å². The molecule has 0 aliphatic rings. The maximum Gasteiger partial charge on any atom is 0.221 e. The largest absolute Gasteiger partial charge is 0.395 e. The molecule has 0 aliphatic heterocycles. The number of rotatable bonds is 65. The van der Waals surface area contributed by atoms with Crippen molar-refractivity contribution in [2.75, 3.05) is 118 Å². The highest BCUT2D eigenvalue weighted by atomic mass is 16.3. The molecule has 0 bridgehead atoms. The number of nitrogens with one attached hydrogen (secondary N) is 4. The standard InChI is InChI=1S/C42H86N4O4.C24H51N3O3/c1-3-5-7-9-11-13-15-17-19-21-23-25-27-31-43-41(49)29-33-45(35-36-46(37-39-47)38-40-48)34-30-42(50)44-32-28-26-24-22-20-18-16-14-12-10-8-6-4-2;1-2-3-4-5-6-7-8-9-10-11-12-13-14-16-26-24(30)15-17-25-18-19-27(20-22-28)21-23-29/h47-48H,3-40H2,1-2H3,(H,43,49)(H,44,50);25,28-29H,2-23H2,1H3,(H,26,30). The Bertz CT molecular complexity index is 1180. The Labute approximate surface area is 495 Å². The molecule has 14 nitrogen and oxygen atoms in total. The van der Waals surface area contributed by atoms with Crippen molar-refractivity contribution >= 4 is 17.7 Å². The average molecular weight is 1140 g/mol. The molecule has 0 rings (SSSR count). The third-order valence-corrected chi connectivity index (χ3v) is 15.6. The van der Waals surface area contributed by atoms with Gasteiger partial charge in [0.05, 0.1) is 26.4 Å². The number of unbranched alkanes of at least 4 members (excludes halogenated alkanes) is 36. The molecule has 0 saturated heterocycles. The Morgan fingerprint density at radius 2 is 0.475 bits per heavy atom. The number of amides is 3. The van der Waals surface area contributed by atoms with Crippen LogP contribution < -0.4 is 21.3 Å². The molecule has 0 aromatic carbocycles. The molecule has 0 fully saturated rings. The van der Waals surface area contributed by atoms with E-state index in [-0.39, 0.29) is 44.1 Å². The summed E-state index contributed by atoms with van der Waals surface area (Å²) in [6.45, 7) is 16.3. The molecule has 0 aromatic rings. The molecule has 8 N–H and O–H groups in total. The van der Waals surface area contributed by atoms with E-state index in [0.29, 0.717) is 78.2 Å². The molecular formula is C66H137N7O7. The number of hydrogen-bond acceptors (Lipinski definition) is 11. The molecule has 3 amide bonds. The van der Waals surface area contributed by atoms with Crippen LogP contribution >= 0.6 is 0 Å². The van der Waals surface area contributed by atoms with Gasteiger partial charge in [-0.05, 0) is 19.3 Å². The zero-order valence-electron chi connectivity index (χ0n) is 53.3. The van der Waals surface area contributed by atoms with Crippen molar-refractivity contribution < 1.29 is 34.8 Å². The number of hydrogen-bond donors (Lipinski definition) is 8. The number of aliphatic hydroxyl groups is 4. The van der Waals surface area contributed by atoms with E-state index in [1.807, 2.05) is 9.80 Å². The summed E-state index contributed by atoms with van der Waals surface area (Å²) in [5.74, 6) is 0.260. The highest BCUT2D eigenvalue weighted by molar-refractivity contribution is 5.77. The van der Waals surface area contributed by atoms with Gasteiger partial charge in [-0.15, -0.1) is 0 Å². The Morgan fingerprint density at radius 3 is 0.738 bits per heavy atom. The fourth-order valence-electron chi connectivity index (χ4n) is 10.3. The van der Waals surface area contributed by atoms with Gasteiger partial charge in [0.15, 0.2) is 0 Å². The molecular weight excluding hydrogens is 1000 g/mol. The quantitative estimate of drug-likeness (QED) is 0.0271. The smallest absolute Gasteiger partial charge is 0.221 e. The summed E-state index contributed by atoms with van der Waals surface area (Å²) in [5, 5.41) is 49.2. The summed E-state index contributed by atoms with van der Waals surface area (Å²) in [5.41, 5.74) is 0. The summed E-state index contributed by atoms with van der Waals surface area (Å²) >= 11 is 0. The number of carbonyl (C=O) groups is 3. The molecule has 14 heteroatoms. The van der Waals surface area contributed by atoms with Gasteiger partial charge in [0.1, 0.15) is 0 Å². The normalized spacial score (nSPS) is 11.5. The SMILES string of the molecule is CCCCCCCCCCCCCCCNC(=O)CCN(CCC(=O)NCCCCCCCCCCCCCCC)CCN(CCO)CCO.CCCCCCCCCCCCCCCNC(=O)CCNCCN(CCO)CCO. The first-order valence-corrected chi connectivity index (χ1v) is 34.4. The van der Waals surface area contributed by atoms with Crippen molar-refractivity contribution in [3.63, 3.8) is 0 Å². The van der Waals surface area contributed by atoms with Gasteiger partial charge in [0.2, 0.25) is 17.7 Å². The number of carbonyl (C=O) groups excluding carboxylic acids is 3. The third kappa shape index (κ3) is 65.2. The van der Waals surface area contributed by atoms with Crippen LogP contribution in [0.3, 0.4) is 0 Å². The Morgan fingerprint density at radius 1 is 0.250 bits per heavy atom. The van der Waals surface area contributed by atoms with Crippen molar-refractivity contribution in [3.05, 3.63) is 0 Å². The molecule has 478 valence electrons. The monoisotopic (exact) mass is 1140 g/mol. The molecule has 0 aliphatic carbocycles. The summed E-state index contributed by atoms with van der Waals surface area (Å²) in [6, 6.07) is 0. The predicted molar refractivity (Wildman–Crippen MR) is 340 cm³/mol. The first kappa shape index (κ1) is 80.2. The van der Waals surface area contributed by atoms with E-state index in [0.717, 1.165) is 52.0 Å². The minimum atomic E-state index is 0.0448. The molecule has 0 spiro atoms. The molecule has 0 saturated carbocycles. The van der Waals surface area contributed by atoms with Crippen LogP contribution in [0.25, 0.3) is 0 Å². The van der Waals surface area contributed by atoms with Gasteiger partial charge >= 0.3 is 0 Å². The van der Waals surface area contributed by atoms with Crippen LogP contribution in [0.15, 0.2) is 0 Å². The lowest BCUT2D eigenvalue weighted by atomic mass is 10.0. The fraction of sp³-hybridized carbons (Fsp3) is 0.955. The zero-order chi connectivity index (χ0) is 58.7. The minimum absolute atomic E-state index is 0.0448. The maximum atomic E-state index is 12.6. The van der Waals surface area contributed by atoms with Gasteiger partial charge in [-0.25, -0.2) is 0 Å². The number of aliphatic hydroxyl groups excluding tert-OH is 4. The molecule has 80 heavy (non-hydrogen) atoms. The van der Waals surface area contributed by atoms with E-state index in [1.165, 1.54) is 231 Å². The lowest BCUT2D eigenvalue weighted by Crippen LogP contribution is -2.41. The molecule has 0 heterocycles. The highest BCUT2D eigenvalue weighted by Gasteiger charge is 2.14. The second-order valence-corrected chi connectivity index (χ2v) is 23.2. The summed E-state index contributed by atoms with van der Waals surface area (Å²) in [7, 11) is 0. The van der Waals surface area contributed by atoms with Gasteiger partial charge in [0, 0.05) is 111 Å². The maximum absolute atomic E-state index is 12.6. The van der Waals surface area contributed by atoms with E-state index < -0.39 is 0 Å².